The first kappa shape index (κ1) is 40.4. The van der Waals surface area contributed by atoms with Crippen molar-refractivity contribution in [1.29, 1.82) is 0 Å². The number of fused-ring (bicyclic) bond motifs is 1. The van der Waals surface area contributed by atoms with E-state index in [4.69, 9.17) is 14.1 Å². The molecule has 4 nitrogen and oxygen atoms in total. The van der Waals surface area contributed by atoms with E-state index in [0.29, 0.717) is 17.0 Å². The number of aromatic hydroxyl groups is 1. The van der Waals surface area contributed by atoms with Crippen molar-refractivity contribution in [3.05, 3.63) is 192 Å². The summed E-state index contributed by atoms with van der Waals surface area (Å²) in [5.41, 5.74) is 16.0. The van der Waals surface area contributed by atoms with Crippen LogP contribution in [0.25, 0.3) is 83.9 Å². The summed E-state index contributed by atoms with van der Waals surface area (Å²) in [4.78, 5) is 10.5. The van der Waals surface area contributed by atoms with Gasteiger partial charge in [-0.25, -0.2) is 4.98 Å². The standard InChI is InChI=1S/C59H54N3O.Pt/c1-37(2)44-33-50(38(3)4)57(63)52(34-44)58-61-56-49(20-15-21-55(56)62(58)54-27-26-48(59(6,7)8)36-51(54)42-18-13-10-14-19-42)46-30-45(40-16-11-9-12-17-40)31-47(32-46)53-35-43(28-29-60-53)41-24-22-39(5)23-25-41;/h9-31,33-38,63H,1-8H3;/q-1;/i5D3;. The minimum Gasteiger partial charge on any atom is -0.507 e. The van der Waals surface area contributed by atoms with E-state index in [9.17, 15) is 5.11 Å². The molecule has 9 rings (SSSR count). The zero-order valence-electron chi connectivity index (χ0n) is 40.3. The van der Waals surface area contributed by atoms with Crippen molar-refractivity contribution >= 4 is 11.0 Å². The van der Waals surface area contributed by atoms with Crippen LogP contribution in [0.2, 0.25) is 0 Å². The summed E-state index contributed by atoms with van der Waals surface area (Å²) in [6, 6.07) is 57.2. The smallest absolute Gasteiger partial charge is 0.148 e. The maximum Gasteiger partial charge on any atom is 0.148 e. The third kappa shape index (κ3) is 8.65. The predicted octanol–water partition coefficient (Wildman–Crippen LogP) is 15.8. The third-order valence-electron chi connectivity index (χ3n) is 12.1. The second kappa shape index (κ2) is 18.0. The van der Waals surface area contributed by atoms with Gasteiger partial charge in [0.1, 0.15) is 11.6 Å². The number of benzene rings is 7. The van der Waals surface area contributed by atoms with Crippen LogP contribution >= 0.6 is 0 Å². The van der Waals surface area contributed by atoms with E-state index in [-0.39, 0.29) is 44.1 Å². The van der Waals surface area contributed by atoms with Gasteiger partial charge in [-0.2, -0.15) is 0 Å². The fourth-order valence-electron chi connectivity index (χ4n) is 8.48. The van der Waals surface area contributed by atoms with Gasteiger partial charge in [-0.1, -0.05) is 186 Å². The van der Waals surface area contributed by atoms with Crippen molar-refractivity contribution in [1.82, 2.24) is 14.5 Å². The van der Waals surface area contributed by atoms with Crippen LogP contribution < -0.4 is 0 Å². The van der Waals surface area contributed by atoms with Crippen molar-refractivity contribution in [3.63, 3.8) is 0 Å². The van der Waals surface area contributed by atoms with Gasteiger partial charge in [0.25, 0.3) is 0 Å². The van der Waals surface area contributed by atoms with Gasteiger partial charge in [0, 0.05) is 42.6 Å². The van der Waals surface area contributed by atoms with Crippen LogP contribution in [0.4, 0.5) is 0 Å². The summed E-state index contributed by atoms with van der Waals surface area (Å²) in [6.45, 7) is 13.2. The van der Waals surface area contributed by atoms with Crippen molar-refractivity contribution in [2.45, 2.75) is 72.6 Å². The second-order valence-electron chi connectivity index (χ2n) is 18.2. The minimum absolute atomic E-state index is 0. The molecule has 0 bridgehead atoms. The fraction of sp³-hybridized carbons (Fsp3) is 0.186. The van der Waals surface area contributed by atoms with Crippen LogP contribution in [0, 0.1) is 12.9 Å². The van der Waals surface area contributed by atoms with E-state index in [1.54, 1.807) is 18.3 Å². The van der Waals surface area contributed by atoms with E-state index in [0.717, 1.165) is 83.6 Å². The van der Waals surface area contributed by atoms with Crippen LogP contribution in [0.15, 0.2) is 164 Å². The Hall–Kier alpha value is -6.35. The number of pyridine rings is 1. The molecule has 0 aliphatic heterocycles. The van der Waals surface area contributed by atoms with Gasteiger partial charge < -0.3 is 5.11 Å². The number of aryl methyl sites for hydroxylation is 1. The van der Waals surface area contributed by atoms with Crippen LogP contribution in [0.3, 0.4) is 0 Å². The number of aromatic nitrogens is 3. The summed E-state index contributed by atoms with van der Waals surface area (Å²) < 4.78 is 25.8. The molecule has 1 N–H and O–H groups in total. The Kier molecular flexibility index (Phi) is 11.4. The van der Waals surface area contributed by atoms with Crippen molar-refractivity contribution in [2.24, 2.45) is 0 Å². The largest absolute Gasteiger partial charge is 0.507 e. The topological polar surface area (TPSA) is 50.9 Å². The summed E-state index contributed by atoms with van der Waals surface area (Å²) in [7, 11) is 0. The number of hydrogen-bond donors (Lipinski definition) is 1. The molecule has 0 aliphatic carbocycles. The molecule has 64 heavy (non-hydrogen) atoms. The average molecular weight is 1020 g/mol. The maximum atomic E-state index is 12.3. The van der Waals surface area contributed by atoms with Gasteiger partial charge in [-0.05, 0) is 93.4 Å². The number of para-hydroxylation sites is 1. The molecule has 322 valence electrons. The Labute approximate surface area is 397 Å². The van der Waals surface area contributed by atoms with Gasteiger partial charge in [0.15, 0.2) is 0 Å². The Bertz CT molecular complexity index is 3220. The molecule has 0 saturated heterocycles. The Morgan fingerprint density at radius 2 is 1.30 bits per heavy atom. The number of imidazole rings is 1. The van der Waals surface area contributed by atoms with E-state index < -0.39 is 6.85 Å². The first-order valence-corrected chi connectivity index (χ1v) is 21.8. The van der Waals surface area contributed by atoms with Crippen molar-refractivity contribution in [2.75, 3.05) is 0 Å². The molecule has 0 aliphatic rings. The Morgan fingerprint density at radius 1 is 0.609 bits per heavy atom. The van der Waals surface area contributed by atoms with Crippen LogP contribution in [0.5, 0.6) is 5.75 Å². The fourth-order valence-corrected chi connectivity index (χ4v) is 8.48. The molecule has 0 fully saturated rings. The quantitative estimate of drug-likeness (QED) is 0.147. The van der Waals surface area contributed by atoms with Crippen LogP contribution in [-0.4, -0.2) is 19.6 Å². The molecule has 9 aromatic rings. The number of hydrogen-bond acceptors (Lipinski definition) is 3. The van der Waals surface area contributed by atoms with Crippen LogP contribution in [-0.2, 0) is 26.5 Å². The number of phenolic OH excluding ortho intramolecular Hbond substituents is 1. The molecule has 0 radical (unpaired) electrons. The minimum atomic E-state index is -2.18. The number of rotatable bonds is 9. The molecule has 7 aromatic carbocycles. The van der Waals surface area contributed by atoms with E-state index in [1.807, 2.05) is 48.5 Å². The van der Waals surface area contributed by atoms with Gasteiger partial charge in [0.05, 0.1) is 22.3 Å². The van der Waals surface area contributed by atoms with Gasteiger partial charge in [-0.15, -0.1) is 23.8 Å². The average Bonchev–Trinajstić information content (AvgIpc) is 3.70. The molecule has 2 heterocycles. The zero-order valence-corrected chi connectivity index (χ0v) is 39.6. The van der Waals surface area contributed by atoms with E-state index in [2.05, 4.69) is 156 Å². The summed E-state index contributed by atoms with van der Waals surface area (Å²) in [5.74, 6) is 1.18. The number of nitrogens with zero attached hydrogens (tertiary/aromatic N) is 3. The molecule has 0 spiro atoms. The van der Waals surface area contributed by atoms with Gasteiger partial charge in [-0.3, -0.25) is 9.55 Å². The molecule has 0 amide bonds. The molecular weight excluding hydrogens is 962 g/mol. The molecule has 0 unspecified atom stereocenters. The van der Waals surface area contributed by atoms with Crippen LogP contribution in [0.1, 0.15) is 86.7 Å². The monoisotopic (exact) mass is 1020 g/mol. The Morgan fingerprint density at radius 3 is 1.97 bits per heavy atom. The molecule has 5 heteroatoms. The second-order valence-corrected chi connectivity index (χ2v) is 18.2. The summed E-state index contributed by atoms with van der Waals surface area (Å²) in [5, 5.41) is 12.3. The maximum absolute atomic E-state index is 12.3. The summed E-state index contributed by atoms with van der Waals surface area (Å²) >= 11 is 0. The van der Waals surface area contributed by atoms with E-state index in [1.165, 1.54) is 5.56 Å². The molecule has 0 saturated carbocycles. The predicted molar refractivity (Wildman–Crippen MR) is 264 cm³/mol. The normalized spacial score (nSPS) is 12.5. The molecular formula is C59H54N3OPt-. The zero-order chi connectivity index (χ0) is 46.5. The number of phenols is 1. The van der Waals surface area contributed by atoms with Crippen molar-refractivity contribution in [3.8, 4) is 78.6 Å². The third-order valence-corrected chi connectivity index (χ3v) is 12.1. The SMILES string of the molecule is [2H]C([2H])([2H])c1ccc(-c2ccnc(-c3[c-]c(-c4cccc5c4nc(-c4cc(C(C)C)cc(C(C)C)c4O)n5-c4ccc(C(C)(C)C)cc4-c4ccccc4)cc(-c4ccccc4)c3)c2)cc1.[Pt]. The Balaban J connectivity index is 0.00000608. The first-order chi connectivity index (χ1) is 31.5. The molecule has 2 aromatic heterocycles. The molecule has 0 atom stereocenters. The summed E-state index contributed by atoms with van der Waals surface area (Å²) in [6.07, 6.45) is 1.79. The van der Waals surface area contributed by atoms with E-state index >= 15 is 0 Å². The van der Waals surface area contributed by atoms with Crippen molar-refractivity contribution < 1.29 is 30.3 Å². The first-order valence-electron chi connectivity index (χ1n) is 23.3. The van der Waals surface area contributed by atoms with Gasteiger partial charge in [0.2, 0.25) is 0 Å². The van der Waals surface area contributed by atoms with Gasteiger partial charge >= 0.3 is 0 Å².